The van der Waals surface area contributed by atoms with E-state index in [4.69, 9.17) is 4.74 Å². The van der Waals surface area contributed by atoms with Gasteiger partial charge in [-0.1, -0.05) is 6.92 Å². The lowest BCUT2D eigenvalue weighted by Crippen LogP contribution is -2.15. The lowest BCUT2D eigenvalue weighted by atomic mass is 9.87. The Kier molecular flexibility index (Phi) is 4.02. The summed E-state index contributed by atoms with van der Waals surface area (Å²) in [6.07, 6.45) is 3.44. The topological polar surface area (TPSA) is 46.5 Å². The molecule has 0 radical (unpaired) electrons. The second-order valence-corrected chi connectivity index (χ2v) is 4.90. The molecule has 0 saturated carbocycles. The molecule has 1 aliphatic rings. The van der Waals surface area contributed by atoms with E-state index in [1.165, 1.54) is 0 Å². The largest absolute Gasteiger partial charge is 0.508 e. The summed E-state index contributed by atoms with van der Waals surface area (Å²) in [5.41, 5.74) is 2.54. The van der Waals surface area contributed by atoms with Gasteiger partial charge in [0.15, 0.2) is 5.78 Å². The minimum Gasteiger partial charge on any atom is -0.508 e. The molecule has 98 valence electrons. The first-order valence-electron chi connectivity index (χ1n) is 6.62. The predicted molar refractivity (Wildman–Crippen MR) is 69.9 cm³/mol. The molecule has 1 aromatic rings. The molecule has 1 aliphatic carbocycles. The van der Waals surface area contributed by atoms with Crippen molar-refractivity contribution in [2.75, 3.05) is 0 Å². The van der Waals surface area contributed by atoms with E-state index in [0.29, 0.717) is 13.0 Å². The van der Waals surface area contributed by atoms with Crippen molar-refractivity contribution in [1.29, 1.82) is 0 Å². The van der Waals surface area contributed by atoms with Crippen molar-refractivity contribution in [1.82, 2.24) is 0 Å². The number of hydrogen-bond donors (Lipinski definition) is 1. The number of benzene rings is 1. The Morgan fingerprint density at radius 1 is 1.39 bits per heavy atom. The van der Waals surface area contributed by atoms with E-state index >= 15 is 0 Å². The number of ether oxygens (including phenoxy) is 1. The maximum Gasteiger partial charge on any atom is 0.163 e. The Morgan fingerprint density at radius 2 is 2.17 bits per heavy atom. The van der Waals surface area contributed by atoms with Crippen LogP contribution in [0.5, 0.6) is 5.75 Å². The number of fused-ring (bicyclic) bond motifs is 1. The third-order valence-corrected chi connectivity index (χ3v) is 3.62. The number of carbonyl (C=O) groups excluding carboxylic acids is 1. The highest BCUT2D eigenvalue weighted by atomic mass is 16.5. The molecule has 0 saturated heterocycles. The molecular formula is C15H20O3. The van der Waals surface area contributed by atoms with Gasteiger partial charge in [-0.25, -0.2) is 0 Å². The molecule has 3 nitrogen and oxygen atoms in total. The fourth-order valence-corrected chi connectivity index (χ4v) is 2.29. The standard InChI is InChI=1S/C15H20O3/c1-3-10(2)18-9-13-11-5-4-6-14(16)12(11)7-8-15(13)17/h7-8,10,17H,3-6,9H2,1-2H3. The summed E-state index contributed by atoms with van der Waals surface area (Å²) in [5.74, 6) is 0.424. The van der Waals surface area contributed by atoms with Crippen LogP contribution < -0.4 is 0 Å². The monoisotopic (exact) mass is 248 g/mol. The average Bonchev–Trinajstić information content (AvgIpc) is 2.37. The molecule has 1 N–H and O–H groups in total. The van der Waals surface area contributed by atoms with Gasteiger partial charge in [0.05, 0.1) is 12.7 Å². The highest BCUT2D eigenvalue weighted by molar-refractivity contribution is 5.99. The van der Waals surface area contributed by atoms with Gasteiger partial charge in [-0.3, -0.25) is 4.79 Å². The molecule has 3 heteroatoms. The summed E-state index contributed by atoms with van der Waals surface area (Å²) >= 11 is 0. The fraction of sp³-hybridized carbons (Fsp3) is 0.533. The molecule has 0 spiro atoms. The third kappa shape index (κ3) is 2.56. The molecule has 1 unspecified atom stereocenters. The molecule has 1 aromatic carbocycles. The van der Waals surface area contributed by atoms with Crippen LogP contribution in [0.15, 0.2) is 12.1 Å². The zero-order valence-electron chi connectivity index (χ0n) is 11.0. The molecule has 0 aromatic heterocycles. The Hall–Kier alpha value is -1.35. The Balaban J connectivity index is 2.28. The summed E-state index contributed by atoms with van der Waals surface area (Å²) in [7, 11) is 0. The van der Waals surface area contributed by atoms with E-state index in [1.807, 2.05) is 6.92 Å². The van der Waals surface area contributed by atoms with E-state index in [-0.39, 0.29) is 17.6 Å². The Morgan fingerprint density at radius 3 is 2.89 bits per heavy atom. The van der Waals surface area contributed by atoms with Crippen LogP contribution in [-0.2, 0) is 17.8 Å². The van der Waals surface area contributed by atoms with Gasteiger partial charge >= 0.3 is 0 Å². The zero-order valence-corrected chi connectivity index (χ0v) is 11.0. The van der Waals surface area contributed by atoms with Gasteiger partial charge in [-0.05, 0) is 43.9 Å². The maximum absolute atomic E-state index is 11.8. The number of phenols is 1. The van der Waals surface area contributed by atoms with Gasteiger partial charge in [-0.2, -0.15) is 0 Å². The lowest BCUT2D eigenvalue weighted by molar-refractivity contribution is 0.0492. The van der Waals surface area contributed by atoms with E-state index < -0.39 is 0 Å². The molecule has 2 rings (SSSR count). The van der Waals surface area contributed by atoms with Gasteiger partial charge in [-0.15, -0.1) is 0 Å². The molecule has 0 heterocycles. The molecule has 0 amide bonds. The second-order valence-electron chi connectivity index (χ2n) is 4.90. The number of phenolic OH excluding ortho intramolecular Hbond substituents is 1. The van der Waals surface area contributed by atoms with Crippen molar-refractivity contribution in [2.45, 2.75) is 52.2 Å². The summed E-state index contributed by atoms with van der Waals surface area (Å²) in [5, 5.41) is 9.95. The predicted octanol–water partition coefficient (Wildman–Crippen LogP) is 3.23. The molecule has 1 atom stereocenters. The van der Waals surface area contributed by atoms with Gasteiger partial charge in [0.2, 0.25) is 0 Å². The van der Waals surface area contributed by atoms with E-state index in [2.05, 4.69) is 6.92 Å². The highest BCUT2D eigenvalue weighted by Gasteiger charge is 2.22. The van der Waals surface area contributed by atoms with Crippen molar-refractivity contribution >= 4 is 5.78 Å². The number of Topliss-reactive ketones (excluding diaryl/α,β-unsaturated/α-hetero) is 1. The number of carbonyl (C=O) groups is 1. The van der Waals surface area contributed by atoms with Crippen molar-refractivity contribution in [3.63, 3.8) is 0 Å². The first-order chi connectivity index (χ1) is 8.63. The van der Waals surface area contributed by atoms with Crippen molar-refractivity contribution < 1.29 is 14.6 Å². The van der Waals surface area contributed by atoms with Gasteiger partial charge in [0, 0.05) is 17.5 Å². The number of ketones is 1. The minimum absolute atomic E-state index is 0.166. The molecular weight excluding hydrogens is 228 g/mol. The van der Waals surface area contributed by atoms with Crippen LogP contribution in [0.1, 0.15) is 54.6 Å². The Bertz CT molecular complexity index is 451. The van der Waals surface area contributed by atoms with Crippen molar-refractivity contribution in [2.24, 2.45) is 0 Å². The third-order valence-electron chi connectivity index (χ3n) is 3.62. The number of rotatable bonds is 4. The van der Waals surface area contributed by atoms with Crippen LogP contribution in [0.4, 0.5) is 0 Å². The van der Waals surface area contributed by atoms with Crippen LogP contribution in [0.2, 0.25) is 0 Å². The van der Waals surface area contributed by atoms with Gasteiger partial charge < -0.3 is 9.84 Å². The zero-order chi connectivity index (χ0) is 13.1. The van der Waals surface area contributed by atoms with Crippen LogP contribution >= 0.6 is 0 Å². The second kappa shape index (κ2) is 5.53. The minimum atomic E-state index is 0.166. The van der Waals surface area contributed by atoms with Crippen LogP contribution in [0.25, 0.3) is 0 Å². The lowest BCUT2D eigenvalue weighted by Gasteiger charge is -2.20. The van der Waals surface area contributed by atoms with E-state index in [0.717, 1.165) is 36.0 Å². The average molecular weight is 248 g/mol. The molecule has 0 fully saturated rings. The quantitative estimate of drug-likeness (QED) is 0.889. The summed E-state index contributed by atoms with van der Waals surface area (Å²) in [6, 6.07) is 3.34. The van der Waals surface area contributed by atoms with Crippen LogP contribution in [0.3, 0.4) is 0 Å². The highest BCUT2D eigenvalue weighted by Crippen LogP contribution is 2.31. The summed E-state index contributed by atoms with van der Waals surface area (Å²) in [6.45, 7) is 4.46. The summed E-state index contributed by atoms with van der Waals surface area (Å²) < 4.78 is 5.69. The smallest absolute Gasteiger partial charge is 0.163 e. The molecule has 0 aliphatic heterocycles. The molecule has 0 bridgehead atoms. The van der Waals surface area contributed by atoms with E-state index in [1.54, 1.807) is 12.1 Å². The Labute approximate surface area is 108 Å². The SMILES string of the molecule is CCC(C)OCc1c(O)ccc2c1CCCC2=O. The number of aromatic hydroxyl groups is 1. The van der Waals surface area contributed by atoms with Gasteiger partial charge in [0.1, 0.15) is 5.75 Å². The normalized spacial score (nSPS) is 16.4. The summed E-state index contributed by atoms with van der Waals surface area (Å²) in [4.78, 5) is 11.8. The van der Waals surface area contributed by atoms with Crippen LogP contribution in [0, 0.1) is 0 Å². The van der Waals surface area contributed by atoms with Crippen molar-refractivity contribution in [3.05, 3.63) is 28.8 Å². The fourth-order valence-electron chi connectivity index (χ4n) is 2.29. The van der Waals surface area contributed by atoms with E-state index in [9.17, 15) is 9.90 Å². The van der Waals surface area contributed by atoms with Crippen LogP contribution in [-0.4, -0.2) is 17.0 Å². The van der Waals surface area contributed by atoms with Gasteiger partial charge in [0.25, 0.3) is 0 Å². The maximum atomic E-state index is 11.8. The first kappa shape index (κ1) is 13.1. The molecule has 18 heavy (non-hydrogen) atoms. The van der Waals surface area contributed by atoms with Crippen molar-refractivity contribution in [3.8, 4) is 5.75 Å². The first-order valence-corrected chi connectivity index (χ1v) is 6.62. The number of hydrogen-bond acceptors (Lipinski definition) is 3.